The predicted molar refractivity (Wildman–Crippen MR) is 34.4 cm³/mol. The van der Waals surface area contributed by atoms with Crippen LogP contribution >= 0.6 is 0 Å². The summed E-state index contributed by atoms with van der Waals surface area (Å²) >= 11 is 0. The fourth-order valence-corrected chi connectivity index (χ4v) is 2.34. The number of hydrogen-bond acceptors (Lipinski definition) is 0. The molecule has 3 saturated carbocycles. The third kappa shape index (κ3) is 0.519. The fourth-order valence-electron chi connectivity index (χ4n) is 2.34. The SMILES string of the molecule is [CH2]C12CCCC(C1)C2. The van der Waals surface area contributed by atoms with Gasteiger partial charge in [0.1, 0.15) is 0 Å². The Bertz CT molecular complexity index is 93.1. The molecule has 3 rings (SSSR count). The molecule has 0 spiro atoms. The van der Waals surface area contributed by atoms with E-state index in [2.05, 4.69) is 6.92 Å². The van der Waals surface area contributed by atoms with Crippen LogP contribution < -0.4 is 0 Å². The van der Waals surface area contributed by atoms with Crippen molar-refractivity contribution in [2.75, 3.05) is 0 Å². The molecule has 8 heavy (non-hydrogen) atoms. The Morgan fingerprint density at radius 3 is 2.38 bits per heavy atom. The molecular weight excluding hydrogens is 96.1 g/mol. The van der Waals surface area contributed by atoms with Crippen LogP contribution in [0.25, 0.3) is 0 Å². The highest BCUT2D eigenvalue weighted by Gasteiger charge is 2.42. The summed E-state index contributed by atoms with van der Waals surface area (Å²) in [4.78, 5) is 0. The second kappa shape index (κ2) is 1.29. The average molecular weight is 109 g/mol. The molecule has 0 aliphatic heterocycles. The van der Waals surface area contributed by atoms with Crippen LogP contribution in [0.5, 0.6) is 0 Å². The summed E-state index contributed by atoms with van der Waals surface area (Å²) in [6, 6.07) is 0. The maximum Gasteiger partial charge on any atom is -0.0292 e. The van der Waals surface area contributed by atoms with E-state index >= 15 is 0 Å². The van der Waals surface area contributed by atoms with Crippen molar-refractivity contribution in [1.29, 1.82) is 0 Å². The second-order valence-corrected chi connectivity index (χ2v) is 3.67. The monoisotopic (exact) mass is 109 g/mol. The van der Waals surface area contributed by atoms with Crippen LogP contribution in [0.4, 0.5) is 0 Å². The molecule has 0 unspecified atom stereocenters. The van der Waals surface area contributed by atoms with Crippen molar-refractivity contribution in [3.05, 3.63) is 6.92 Å². The van der Waals surface area contributed by atoms with E-state index in [0.717, 1.165) is 5.92 Å². The van der Waals surface area contributed by atoms with Crippen molar-refractivity contribution in [2.45, 2.75) is 32.1 Å². The third-order valence-electron chi connectivity index (χ3n) is 2.76. The maximum absolute atomic E-state index is 4.20. The summed E-state index contributed by atoms with van der Waals surface area (Å²) in [6.45, 7) is 4.20. The van der Waals surface area contributed by atoms with Crippen molar-refractivity contribution in [2.24, 2.45) is 11.3 Å². The summed E-state index contributed by atoms with van der Waals surface area (Å²) < 4.78 is 0. The minimum Gasteiger partial charge on any atom is -0.0525 e. The van der Waals surface area contributed by atoms with E-state index in [1.54, 1.807) is 0 Å². The van der Waals surface area contributed by atoms with Crippen LogP contribution in [-0.2, 0) is 0 Å². The lowest BCUT2D eigenvalue weighted by molar-refractivity contribution is 0.0388. The highest BCUT2D eigenvalue weighted by molar-refractivity contribution is 4.98. The van der Waals surface area contributed by atoms with Crippen LogP contribution in [-0.4, -0.2) is 0 Å². The molecule has 0 amide bonds. The molecule has 0 aromatic rings. The van der Waals surface area contributed by atoms with Gasteiger partial charge in [-0.05, 0) is 37.5 Å². The Balaban J connectivity index is 2.06. The van der Waals surface area contributed by atoms with E-state index in [-0.39, 0.29) is 0 Å². The molecule has 3 aliphatic carbocycles. The van der Waals surface area contributed by atoms with Crippen molar-refractivity contribution in [1.82, 2.24) is 0 Å². The Kier molecular flexibility index (Phi) is 0.778. The molecule has 0 aromatic heterocycles. The van der Waals surface area contributed by atoms with Gasteiger partial charge >= 0.3 is 0 Å². The van der Waals surface area contributed by atoms with E-state index < -0.39 is 0 Å². The number of hydrogen-bond donors (Lipinski definition) is 0. The Hall–Kier alpha value is 0. The number of fused-ring (bicyclic) bond motifs is 2. The Morgan fingerprint density at radius 2 is 2.12 bits per heavy atom. The van der Waals surface area contributed by atoms with E-state index in [0.29, 0.717) is 5.41 Å². The number of rotatable bonds is 0. The zero-order valence-corrected chi connectivity index (χ0v) is 5.32. The quantitative estimate of drug-likeness (QED) is 0.448. The average Bonchev–Trinajstić information content (AvgIpc) is 1.63. The second-order valence-electron chi connectivity index (χ2n) is 3.67. The van der Waals surface area contributed by atoms with Gasteiger partial charge in [0, 0.05) is 0 Å². The van der Waals surface area contributed by atoms with E-state index in [9.17, 15) is 0 Å². The van der Waals surface area contributed by atoms with Gasteiger partial charge in [0.15, 0.2) is 0 Å². The predicted octanol–water partition coefficient (Wildman–Crippen LogP) is 2.40. The fraction of sp³-hybridized carbons (Fsp3) is 0.875. The Labute approximate surface area is 51.3 Å². The first-order valence-electron chi connectivity index (χ1n) is 3.64. The van der Waals surface area contributed by atoms with Gasteiger partial charge < -0.3 is 0 Å². The standard InChI is InChI=1S/C8H13/c1-8-4-2-3-7(5-8)6-8/h7H,1-6H2. The van der Waals surface area contributed by atoms with Gasteiger partial charge in [-0.15, -0.1) is 0 Å². The smallest absolute Gasteiger partial charge is 0.0292 e. The van der Waals surface area contributed by atoms with Gasteiger partial charge in [0.2, 0.25) is 0 Å². The molecule has 0 atom stereocenters. The largest absolute Gasteiger partial charge is 0.0525 e. The summed E-state index contributed by atoms with van der Waals surface area (Å²) in [5.74, 6) is 1.08. The molecule has 2 bridgehead atoms. The molecule has 3 aliphatic rings. The van der Waals surface area contributed by atoms with Crippen LogP contribution in [0.1, 0.15) is 32.1 Å². The highest BCUT2D eigenvalue weighted by Crippen LogP contribution is 2.54. The van der Waals surface area contributed by atoms with Gasteiger partial charge in [0.05, 0.1) is 0 Å². The van der Waals surface area contributed by atoms with Crippen LogP contribution in [0.15, 0.2) is 0 Å². The third-order valence-corrected chi connectivity index (χ3v) is 2.76. The van der Waals surface area contributed by atoms with Gasteiger partial charge in [0.25, 0.3) is 0 Å². The molecule has 0 N–H and O–H groups in total. The van der Waals surface area contributed by atoms with Crippen molar-refractivity contribution < 1.29 is 0 Å². The lowest BCUT2D eigenvalue weighted by atomic mass is 9.55. The Morgan fingerprint density at radius 1 is 1.38 bits per heavy atom. The van der Waals surface area contributed by atoms with Gasteiger partial charge in [-0.25, -0.2) is 0 Å². The summed E-state index contributed by atoms with van der Waals surface area (Å²) in [6.07, 6.45) is 7.23. The highest BCUT2D eigenvalue weighted by atomic mass is 14.5. The van der Waals surface area contributed by atoms with Crippen LogP contribution in [0.3, 0.4) is 0 Å². The van der Waals surface area contributed by atoms with Crippen molar-refractivity contribution in [3.63, 3.8) is 0 Å². The van der Waals surface area contributed by atoms with E-state index in [4.69, 9.17) is 0 Å². The molecule has 0 saturated heterocycles. The van der Waals surface area contributed by atoms with E-state index in [1.165, 1.54) is 32.1 Å². The van der Waals surface area contributed by atoms with Crippen LogP contribution in [0, 0.1) is 18.3 Å². The first-order valence-corrected chi connectivity index (χ1v) is 3.64. The molecule has 0 heterocycles. The molecule has 0 nitrogen and oxygen atoms in total. The lowest BCUT2D eigenvalue weighted by Crippen LogP contribution is -2.38. The normalized spacial score (nSPS) is 52.9. The molecule has 0 heteroatoms. The van der Waals surface area contributed by atoms with Gasteiger partial charge in [-0.2, -0.15) is 0 Å². The maximum atomic E-state index is 4.20. The lowest BCUT2D eigenvalue weighted by Gasteiger charge is -2.50. The zero-order chi connectivity index (χ0) is 5.61. The molecule has 0 aromatic carbocycles. The van der Waals surface area contributed by atoms with Crippen molar-refractivity contribution in [3.8, 4) is 0 Å². The molecule has 1 radical (unpaired) electrons. The first kappa shape index (κ1) is 4.84. The summed E-state index contributed by atoms with van der Waals surface area (Å²) in [5, 5.41) is 0. The van der Waals surface area contributed by atoms with Crippen LogP contribution in [0.2, 0.25) is 0 Å². The van der Waals surface area contributed by atoms with Gasteiger partial charge in [-0.1, -0.05) is 12.8 Å². The molecule has 45 valence electrons. The van der Waals surface area contributed by atoms with Gasteiger partial charge in [-0.3, -0.25) is 0 Å². The first-order chi connectivity index (χ1) is 3.79. The topological polar surface area (TPSA) is 0 Å². The molecular formula is C8H13. The molecule has 3 fully saturated rings. The van der Waals surface area contributed by atoms with E-state index in [1.807, 2.05) is 0 Å². The minimum absolute atomic E-state index is 0.572. The zero-order valence-electron chi connectivity index (χ0n) is 5.32. The summed E-state index contributed by atoms with van der Waals surface area (Å²) in [5.41, 5.74) is 0.572. The summed E-state index contributed by atoms with van der Waals surface area (Å²) in [7, 11) is 0. The minimum atomic E-state index is 0.572. The van der Waals surface area contributed by atoms with Crippen molar-refractivity contribution >= 4 is 0 Å².